The Morgan fingerprint density at radius 3 is 3.00 bits per heavy atom. The van der Waals surface area contributed by atoms with Gasteiger partial charge in [0.1, 0.15) is 0 Å². The Labute approximate surface area is 124 Å². The molecule has 106 valence electrons. The van der Waals surface area contributed by atoms with Gasteiger partial charge in [-0.25, -0.2) is 0 Å². The van der Waals surface area contributed by atoms with Gasteiger partial charge in [0.15, 0.2) is 0 Å². The van der Waals surface area contributed by atoms with Gasteiger partial charge in [0.2, 0.25) is 5.91 Å². The van der Waals surface area contributed by atoms with Gasteiger partial charge >= 0.3 is 0 Å². The molecule has 0 radical (unpaired) electrons. The zero-order chi connectivity index (χ0) is 14.1. The van der Waals surface area contributed by atoms with Crippen LogP contribution >= 0.6 is 23.4 Å². The normalized spacial score (nSPS) is 12.2. The van der Waals surface area contributed by atoms with Crippen LogP contribution in [-0.2, 0) is 15.3 Å². The van der Waals surface area contributed by atoms with Gasteiger partial charge in [-0.05, 0) is 31.0 Å². The summed E-state index contributed by atoms with van der Waals surface area (Å²) in [5.74, 6) is 0.857. The van der Waals surface area contributed by atoms with E-state index >= 15 is 0 Å². The molecule has 3 nitrogen and oxygen atoms in total. The van der Waals surface area contributed by atoms with E-state index in [9.17, 15) is 4.79 Å². The second-order valence-electron chi connectivity index (χ2n) is 4.22. The molecule has 0 aliphatic carbocycles. The number of methoxy groups -OCH3 is 1. The van der Waals surface area contributed by atoms with E-state index in [4.69, 9.17) is 16.3 Å². The number of nitrogens with one attached hydrogen (secondary N) is 1. The molecule has 0 fully saturated rings. The van der Waals surface area contributed by atoms with Gasteiger partial charge < -0.3 is 10.1 Å². The highest BCUT2D eigenvalue weighted by Gasteiger charge is 2.12. The molecule has 0 heterocycles. The SMILES string of the molecule is COCCCNC(=O)C(C)SCc1cccc(Cl)c1. The van der Waals surface area contributed by atoms with Crippen LogP contribution in [0.2, 0.25) is 5.02 Å². The van der Waals surface area contributed by atoms with Gasteiger partial charge in [0, 0.05) is 31.0 Å². The van der Waals surface area contributed by atoms with Crippen LogP contribution in [0.25, 0.3) is 0 Å². The maximum absolute atomic E-state index is 11.8. The number of carbonyl (C=O) groups is 1. The molecular formula is C14H20ClNO2S. The molecule has 0 aromatic heterocycles. The van der Waals surface area contributed by atoms with Crippen molar-refractivity contribution in [2.45, 2.75) is 24.3 Å². The number of halogens is 1. The van der Waals surface area contributed by atoms with Crippen molar-refractivity contribution in [3.63, 3.8) is 0 Å². The van der Waals surface area contributed by atoms with E-state index in [1.54, 1.807) is 18.9 Å². The van der Waals surface area contributed by atoms with Crippen molar-refractivity contribution in [2.75, 3.05) is 20.3 Å². The van der Waals surface area contributed by atoms with Crippen LogP contribution < -0.4 is 5.32 Å². The lowest BCUT2D eigenvalue weighted by atomic mass is 10.2. The van der Waals surface area contributed by atoms with E-state index in [2.05, 4.69) is 5.32 Å². The number of hydrogen-bond donors (Lipinski definition) is 1. The van der Waals surface area contributed by atoms with E-state index in [0.717, 1.165) is 22.8 Å². The molecule has 0 aliphatic heterocycles. The molecular weight excluding hydrogens is 282 g/mol. The third kappa shape index (κ3) is 6.85. The van der Waals surface area contributed by atoms with Crippen molar-refractivity contribution in [2.24, 2.45) is 0 Å². The molecule has 0 aliphatic rings. The van der Waals surface area contributed by atoms with Crippen LogP contribution in [0.4, 0.5) is 0 Å². The highest BCUT2D eigenvalue weighted by molar-refractivity contribution is 7.99. The largest absolute Gasteiger partial charge is 0.385 e. The van der Waals surface area contributed by atoms with Gasteiger partial charge in [-0.3, -0.25) is 4.79 Å². The van der Waals surface area contributed by atoms with Crippen LogP contribution in [-0.4, -0.2) is 31.4 Å². The number of ether oxygens (including phenoxy) is 1. The van der Waals surface area contributed by atoms with Gasteiger partial charge in [-0.15, -0.1) is 11.8 Å². The molecule has 1 aromatic rings. The van der Waals surface area contributed by atoms with Gasteiger partial charge in [-0.2, -0.15) is 0 Å². The smallest absolute Gasteiger partial charge is 0.232 e. The van der Waals surface area contributed by atoms with Gasteiger partial charge in [0.05, 0.1) is 5.25 Å². The van der Waals surface area contributed by atoms with Gasteiger partial charge in [-0.1, -0.05) is 23.7 Å². The summed E-state index contributed by atoms with van der Waals surface area (Å²) < 4.78 is 4.93. The molecule has 0 bridgehead atoms. The quantitative estimate of drug-likeness (QED) is 0.750. The van der Waals surface area contributed by atoms with Crippen molar-refractivity contribution < 1.29 is 9.53 Å². The minimum absolute atomic E-state index is 0.0680. The van der Waals surface area contributed by atoms with Crippen LogP contribution in [0.3, 0.4) is 0 Å². The zero-order valence-electron chi connectivity index (χ0n) is 11.3. The Morgan fingerprint density at radius 2 is 2.32 bits per heavy atom. The summed E-state index contributed by atoms with van der Waals surface area (Å²) in [6, 6.07) is 7.72. The highest BCUT2D eigenvalue weighted by Crippen LogP contribution is 2.20. The first-order chi connectivity index (χ1) is 9.13. The average Bonchev–Trinajstić information content (AvgIpc) is 2.41. The molecule has 1 atom stereocenters. The fourth-order valence-electron chi connectivity index (χ4n) is 1.50. The Balaban J connectivity index is 2.26. The number of amides is 1. The summed E-state index contributed by atoms with van der Waals surface area (Å²) in [5, 5.41) is 3.56. The lowest BCUT2D eigenvalue weighted by Crippen LogP contribution is -2.32. The highest BCUT2D eigenvalue weighted by atomic mass is 35.5. The van der Waals surface area contributed by atoms with Crippen molar-refractivity contribution in [1.82, 2.24) is 5.32 Å². The topological polar surface area (TPSA) is 38.3 Å². The number of thioether (sulfide) groups is 1. The summed E-state index contributed by atoms with van der Waals surface area (Å²) in [7, 11) is 1.66. The molecule has 1 unspecified atom stereocenters. The van der Waals surface area contributed by atoms with Crippen molar-refractivity contribution in [3.8, 4) is 0 Å². The lowest BCUT2D eigenvalue weighted by Gasteiger charge is -2.12. The van der Waals surface area contributed by atoms with E-state index in [0.29, 0.717) is 13.2 Å². The van der Waals surface area contributed by atoms with E-state index in [1.165, 1.54) is 0 Å². The first-order valence-corrected chi connectivity index (χ1v) is 7.69. The van der Waals surface area contributed by atoms with Crippen molar-refractivity contribution >= 4 is 29.3 Å². The van der Waals surface area contributed by atoms with E-state index in [-0.39, 0.29) is 11.2 Å². The molecule has 0 saturated carbocycles. The molecule has 1 rings (SSSR count). The fraction of sp³-hybridized carbons (Fsp3) is 0.500. The van der Waals surface area contributed by atoms with Crippen molar-refractivity contribution in [3.05, 3.63) is 34.9 Å². The van der Waals surface area contributed by atoms with Gasteiger partial charge in [0.25, 0.3) is 0 Å². The second kappa shape index (κ2) is 9.23. The number of carbonyl (C=O) groups excluding carboxylic acids is 1. The monoisotopic (exact) mass is 301 g/mol. The third-order valence-corrected chi connectivity index (χ3v) is 4.03. The summed E-state index contributed by atoms with van der Waals surface area (Å²) in [4.78, 5) is 11.8. The van der Waals surface area contributed by atoms with E-state index < -0.39 is 0 Å². The Hall–Kier alpha value is -0.710. The number of hydrogen-bond acceptors (Lipinski definition) is 3. The summed E-state index contributed by atoms with van der Waals surface area (Å²) in [6.07, 6.45) is 0.841. The average molecular weight is 302 g/mol. The first kappa shape index (κ1) is 16.3. The third-order valence-electron chi connectivity index (χ3n) is 2.58. The second-order valence-corrected chi connectivity index (χ2v) is 5.99. The molecule has 0 spiro atoms. The van der Waals surface area contributed by atoms with Crippen LogP contribution in [0.15, 0.2) is 24.3 Å². The number of rotatable bonds is 8. The lowest BCUT2D eigenvalue weighted by molar-refractivity contribution is -0.120. The van der Waals surface area contributed by atoms with Crippen molar-refractivity contribution in [1.29, 1.82) is 0 Å². The molecule has 5 heteroatoms. The fourth-order valence-corrected chi connectivity index (χ4v) is 2.57. The molecule has 1 amide bonds. The molecule has 1 aromatic carbocycles. The predicted octanol–water partition coefficient (Wildman–Crippen LogP) is 3.11. The molecule has 1 N–H and O–H groups in total. The Bertz CT molecular complexity index is 401. The molecule has 19 heavy (non-hydrogen) atoms. The number of benzene rings is 1. The maximum atomic E-state index is 11.8. The summed E-state index contributed by atoms with van der Waals surface area (Å²) >= 11 is 7.53. The minimum atomic E-state index is -0.0680. The molecule has 0 saturated heterocycles. The minimum Gasteiger partial charge on any atom is -0.385 e. The standard InChI is InChI=1S/C14H20ClNO2S/c1-11(14(17)16-7-4-8-18-2)19-10-12-5-3-6-13(15)9-12/h3,5-6,9,11H,4,7-8,10H2,1-2H3,(H,16,17). The van der Waals surface area contributed by atoms with E-state index in [1.807, 2.05) is 31.2 Å². The Kier molecular flexibility index (Phi) is 7.94. The van der Waals surface area contributed by atoms with Crippen LogP contribution in [0.1, 0.15) is 18.9 Å². The zero-order valence-corrected chi connectivity index (χ0v) is 12.9. The van der Waals surface area contributed by atoms with Crippen LogP contribution in [0, 0.1) is 0 Å². The predicted molar refractivity (Wildman–Crippen MR) is 81.7 cm³/mol. The Morgan fingerprint density at radius 1 is 1.53 bits per heavy atom. The van der Waals surface area contributed by atoms with Crippen LogP contribution in [0.5, 0.6) is 0 Å². The summed E-state index contributed by atoms with van der Waals surface area (Å²) in [5.41, 5.74) is 1.14. The first-order valence-electron chi connectivity index (χ1n) is 6.26. The summed E-state index contributed by atoms with van der Waals surface area (Å²) in [6.45, 7) is 3.25. The maximum Gasteiger partial charge on any atom is 0.232 e.